The summed E-state index contributed by atoms with van der Waals surface area (Å²) in [5, 5.41) is 0.254. The highest BCUT2D eigenvalue weighted by molar-refractivity contribution is 7.80. The second-order valence-electron chi connectivity index (χ2n) is 6.05. The molecule has 6 nitrogen and oxygen atoms in total. The Bertz CT molecular complexity index is 732. The predicted octanol–water partition coefficient (Wildman–Crippen LogP) is 3.25. The van der Waals surface area contributed by atoms with Crippen molar-refractivity contribution in [3.63, 3.8) is 0 Å². The standard InChI is InChI=1S/C20H26N2O4S/c1-5-8-11-26-16-10-9-14(13-17(16)25-4)12-15-18(23)21(6-2)20(27)22(7-3)19(15)24/h9-10,12-13H,5-8,11H2,1-4H3. The summed E-state index contributed by atoms with van der Waals surface area (Å²) >= 11 is 5.27. The minimum Gasteiger partial charge on any atom is -0.493 e. The Hall–Kier alpha value is -2.41. The summed E-state index contributed by atoms with van der Waals surface area (Å²) in [7, 11) is 1.56. The van der Waals surface area contributed by atoms with Crippen molar-refractivity contribution >= 4 is 35.2 Å². The number of amides is 2. The highest BCUT2D eigenvalue weighted by Crippen LogP contribution is 2.30. The molecule has 0 unspecified atom stereocenters. The van der Waals surface area contributed by atoms with Gasteiger partial charge in [0.15, 0.2) is 16.6 Å². The van der Waals surface area contributed by atoms with E-state index >= 15 is 0 Å². The van der Waals surface area contributed by atoms with Gasteiger partial charge in [0.2, 0.25) is 0 Å². The van der Waals surface area contributed by atoms with Gasteiger partial charge in [-0.05, 0) is 56.3 Å². The number of nitrogens with zero attached hydrogens (tertiary/aromatic N) is 2. The van der Waals surface area contributed by atoms with E-state index in [9.17, 15) is 9.59 Å². The zero-order chi connectivity index (χ0) is 20.0. The van der Waals surface area contributed by atoms with Gasteiger partial charge in [-0.3, -0.25) is 19.4 Å². The molecule has 1 heterocycles. The maximum Gasteiger partial charge on any atom is 0.265 e. The Kier molecular flexibility index (Phi) is 7.36. The van der Waals surface area contributed by atoms with Crippen LogP contribution >= 0.6 is 12.2 Å². The number of thiocarbonyl (C=S) groups is 1. The molecule has 1 fully saturated rings. The second kappa shape index (κ2) is 9.50. The average molecular weight is 391 g/mol. The van der Waals surface area contributed by atoms with Gasteiger partial charge in [-0.25, -0.2) is 0 Å². The van der Waals surface area contributed by atoms with E-state index in [0.29, 0.717) is 36.8 Å². The molecule has 2 amide bonds. The number of benzene rings is 1. The van der Waals surface area contributed by atoms with Crippen molar-refractivity contribution in [1.82, 2.24) is 9.80 Å². The van der Waals surface area contributed by atoms with Gasteiger partial charge in [-0.1, -0.05) is 19.4 Å². The van der Waals surface area contributed by atoms with Gasteiger partial charge in [0.1, 0.15) is 5.57 Å². The number of rotatable bonds is 8. The molecule has 0 radical (unpaired) electrons. The number of carbonyl (C=O) groups is 2. The van der Waals surface area contributed by atoms with Crippen molar-refractivity contribution in [3.05, 3.63) is 29.3 Å². The number of ether oxygens (including phenoxy) is 2. The minimum absolute atomic E-state index is 0.0917. The number of hydrogen-bond donors (Lipinski definition) is 0. The maximum absolute atomic E-state index is 12.7. The molecule has 1 aliphatic heterocycles. The molecular weight excluding hydrogens is 364 g/mol. The molecule has 0 spiro atoms. The van der Waals surface area contributed by atoms with Crippen molar-refractivity contribution in [1.29, 1.82) is 0 Å². The van der Waals surface area contributed by atoms with Crippen LogP contribution in [0.15, 0.2) is 23.8 Å². The zero-order valence-electron chi connectivity index (χ0n) is 16.3. The van der Waals surface area contributed by atoms with Crippen molar-refractivity contribution in [2.45, 2.75) is 33.6 Å². The molecule has 1 aliphatic rings. The summed E-state index contributed by atoms with van der Waals surface area (Å²) in [5.74, 6) is 0.450. The van der Waals surface area contributed by atoms with Crippen molar-refractivity contribution in [2.75, 3.05) is 26.8 Å². The smallest absolute Gasteiger partial charge is 0.265 e. The topological polar surface area (TPSA) is 59.1 Å². The highest BCUT2D eigenvalue weighted by atomic mass is 32.1. The monoisotopic (exact) mass is 390 g/mol. The Morgan fingerprint density at radius 1 is 1.04 bits per heavy atom. The first-order chi connectivity index (χ1) is 13.0. The van der Waals surface area contributed by atoms with Crippen molar-refractivity contribution in [3.8, 4) is 11.5 Å². The van der Waals surface area contributed by atoms with Crippen LogP contribution in [-0.4, -0.2) is 53.5 Å². The lowest BCUT2D eigenvalue weighted by molar-refractivity contribution is -0.133. The summed E-state index contributed by atoms with van der Waals surface area (Å²) < 4.78 is 11.1. The number of hydrogen-bond acceptors (Lipinski definition) is 5. The van der Waals surface area contributed by atoms with Crippen molar-refractivity contribution < 1.29 is 19.1 Å². The number of methoxy groups -OCH3 is 1. The van der Waals surface area contributed by atoms with Gasteiger partial charge in [0, 0.05) is 13.1 Å². The van der Waals surface area contributed by atoms with Crippen LogP contribution in [0.1, 0.15) is 39.2 Å². The van der Waals surface area contributed by atoms with E-state index in [1.54, 1.807) is 31.4 Å². The Morgan fingerprint density at radius 2 is 1.67 bits per heavy atom. The third-order valence-corrected chi connectivity index (χ3v) is 4.74. The molecule has 1 aromatic carbocycles. The minimum atomic E-state index is -0.376. The molecule has 146 valence electrons. The van der Waals surface area contributed by atoms with Crippen LogP contribution in [0.2, 0.25) is 0 Å². The third kappa shape index (κ3) is 4.47. The van der Waals surface area contributed by atoms with Gasteiger partial charge >= 0.3 is 0 Å². The molecule has 1 saturated heterocycles. The lowest BCUT2D eigenvalue weighted by atomic mass is 10.1. The van der Waals surface area contributed by atoms with Gasteiger partial charge in [0.05, 0.1) is 13.7 Å². The SMILES string of the molecule is CCCCOc1ccc(C=C2C(=O)N(CC)C(=S)N(CC)C2=O)cc1OC. The number of carbonyl (C=O) groups excluding carboxylic acids is 2. The fraction of sp³-hybridized carbons (Fsp3) is 0.450. The number of unbranched alkanes of at least 4 members (excludes halogenated alkanes) is 1. The Morgan fingerprint density at radius 3 is 2.19 bits per heavy atom. The molecule has 0 aromatic heterocycles. The molecule has 0 atom stereocenters. The summed E-state index contributed by atoms with van der Waals surface area (Å²) in [6.45, 7) is 7.18. The molecule has 1 aromatic rings. The van der Waals surface area contributed by atoms with Gasteiger partial charge in [0.25, 0.3) is 11.8 Å². The Balaban J connectivity index is 2.36. The van der Waals surface area contributed by atoms with Crippen LogP contribution < -0.4 is 9.47 Å². The highest BCUT2D eigenvalue weighted by Gasteiger charge is 2.37. The van der Waals surface area contributed by atoms with Crippen LogP contribution in [0, 0.1) is 0 Å². The predicted molar refractivity (Wildman–Crippen MR) is 109 cm³/mol. The zero-order valence-corrected chi connectivity index (χ0v) is 17.1. The van der Waals surface area contributed by atoms with E-state index in [1.165, 1.54) is 9.80 Å². The molecule has 27 heavy (non-hydrogen) atoms. The fourth-order valence-corrected chi connectivity index (χ4v) is 3.19. The summed E-state index contributed by atoms with van der Waals surface area (Å²) in [6, 6.07) is 5.35. The van der Waals surface area contributed by atoms with Crippen LogP contribution in [-0.2, 0) is 9.59 Å². The lowest BCUT2D eigenvalue weighted by Crippen LogP contribution is -2.55. The molecule has 0 saturated carbocycles. The first-order valence-corrected chi connectivity index (χ1v) is 9.59. The number of likely N-dealkylation sites (N-methyl/N-ethyl adjacent to an activating group) is 2. The summed E-state index contributed by atoms with van der Waals surface area (Å²) in [4.78, 5) is 28.3. The van der Waals surface area contributed by atoms with Crippen LogP contribution in [0.5, 0.6) is 11.5 Å². The normalized spacial score (nSPS) is 14.7. The first-order valence-electron chi connectivity index (χ1n) is 9.18. The second-order valence-corrected chi connectivity index (χ2v) is 6.42. The maximum atomic E-state index is 12.7. The van der Waals surface area contributed by atoms with Gasteiger partial charge < -0.3 is 9.47 Å². The Labute approximate surface area is 165 Å². The van der Waals surface area contributed by atoms with Crippen molar-refractivity contribution in [2.24, 2.45) is 0 Å². The molecule has 0 N–H and O–H groups in total. The summed E-state index contributed by atoms with van der Waals surface area (Å²) in [5.41, 5.74) is 0.778. The van der Waals surface area contributed by atoms with Gasteiger partial charge in [-0.2, -0.15) is 0 Å². The van der Waals surface area contributed by atoms with Gasteiger partial charge in [-0.15, -0.1) is 0 Å². The van der Waals surface area contributed by atoms with Crippen LogP contribution in [0.3, 0.4) is 0 Å². The van der Waals surface area contributed by atoms with E-state index in [1.807, 2.05) is 13.8 Å². The first kappa shape index (κ1) is 20.9. The van der Waals surface area contributed by atoms with E-state index in [2.05, 4.69) is 6.92 Å². The molecular formula is C20H26N2O4S. The third-order valence-electron chi connectivity index (χ3n) is 4.30. The van der Waals surface area contributed by atoms with E-state index < -0.39 is 0 Å². The molecule has 0 aliphatic carbocycles. The average Bonchev–Trinajstić information content (AvgIpc) is 2.67. The quantitative estimate of drug-likeness (QED) is 0.295. The molecule has 0 bridgehead atoms. The van der Waals surface area contributed by atoms with E-state index in [4.69, 9.17) is 21.7 Å². The molecule has 7 heteroatoms. The van der Waals surface area contributed by atoms with E-state index in [-0.39, 0.29) is 22.5 Å². The van der Waals surface area contributed by atoms with Crippen LogP contribution in [0.25, 0.3) is 6.08 Å². The largest absolute Gasteiger partial charge is 0.493 e. The van der Waals surface area contributed by atoms with Crippen LogP contribution in [0.4, 0.5) is 0 Å². The fourth-order valence-electron chi connectivity index (χ4n) is 2.77. The van der Waals surface area contributed by atoms with E-state index in [0.717, 1.165) is 12.8 Å². The lowest BCUT2D eigenvalue weighted by Gasteiger charge is -2.35. The molecule has 2 rings (SSSR count). The summed E-state index contributed by atoms with van der Waals surface area (Å²) in [6.07, 6.45) is 3.58.